The first kappa shape index (κ1) is 21.7. The number of aromatic nitrogens is 2. The molecule has 0 aliphatic heterocycles. The van der Waals surface area contributed by atoms with Crippen LogP contribution in [0.4, 0.5) is 5.69 Å². The van der Waals surface area contributed by atoms with Gasteiger partial charge in [-0.1, -0.05) is 60.7 Å². The monoisotopic (exact) mass is 499 g/mol. The summed E-state index contributed by atoms with van der Waals surface area (Å²) in [4.78, 5) is 64.9. The van der Waals surface area contributed by atoms with E-state index in [0.29, 0.717) is 33.3 Å². The molecule has 0 bridgehead atoms. The molecule has 2 aliphatic rings. The fraction of sp³-hybridized carbons (Fsp3) is 0. The summed E-state index contributed by atoms with van der Waals surface area (Å²) in [5.74, 6) is -2.32. The van der Waals surface area contributed by atoms with Crippen molar-refractivity contribution in [3.63, 3.8) is 0 Å². The van der Waals surface area contributed by atoms with E-state index in [1.807, 2.05) is 0 Å². The second kappa shape index (κ2) is 7.47. The first-order valence-electron chi connectivity index (χ1n) is 11.6. The predicted molar refractivity (Wildman–Crippen MR) is 135 cm³/mol. The maximum atomic E-state index is 13.9. The summed E-state index contributed by atoms with van der Waals surface area (Å²) in [6.07, 6.45) is 0. The number of carbonyl (C=O) groups excluding carboxylic acids is 4. The van der Waals surface area contributed by atoms with Crippen LogP contribution in [-0.2, 0) is 0 Å². The molecule has 9 heteroatoms. The molecule has 0 saturated carbocycles. The second-order valence-corrected chi connectivity index (χ2v) is 8.99. The summed E-state index contributed by atoms with van der Waals surface area (Å²) in [5.41, 5.74) is 0.526. The van der Waals surface area contributed by atoms with Gasteiger partial charge in [0.25, 0.3) is 11.6 Å². The van der Waals surface area contributed by atoms with Crippen LogP contribution in [0.5, 0.6) is 0 Å². The van der Waals surface area contributed by atoms with Gasteiger partial charge in [-0.2, -0.15) is 9.78 Å². The van der Waals surface area contributed by atoms with E-state index in [1.165, 1.54) is 24.3 Å². The average Bonchev–Trinajstić information content (AvgIpc) is 3.34. The number of nitro groups is 1. The van der Waals surface area contributed by atoms with Crippen molar-refractivity contribution in [2.24, 2.45) is 0 Å². The van der Waals surface area contributed by atoms with Crippen LogP contribution < -0.4 is 0 Å². The topological polar surface area (TPSA) is 129 Å². The maximum Gasteiger partial charge on any atom is 0.294 e. The molecule has 0 amide bonds. The Morgan fingerprint density at radius 1 is 0.684 bits per heavy atom. The Kier molecular flexibility index (Phi) is 4.26. The van der Waals surface area contributed by atoms with Crippen LogP contribution in [0.2, 0.25) is 0 Å². The SMILES string of the molecule is O=C1c2ccccc2C(=O)c2c1ccc(C(=O)n1nc3c4c(cccc41)C(=O)c1ccccc1-3)c2[N+](=O)[O-]. The van der Waals surface area contributed by atoms with Crippen molar-refractivity contribution in [2.45, 2.75) is 0 Å². The third-order valence-electron chi connectivity index (χ3n) is 7.05. The summed E-state index contributed by atoms with van der Waals surface area (Å²) in [6.45, 7) is 0. The highest BCUT2D eigenvalue weighted by molar-refractivity contribution is 6.31. The number of ketones is 3. The van der Waals surface area contributed by atoms with Gasteiger partial charge in [-0.3, -0.25) is 29.3 Å². The molecule has 0 unspecified atom stereocenters. The van der Waals surface area contributed by atoms with Gasteiger partial charge in [0.1, 0.15) is 16.8 Å². The molecular weight excluding hydrogens is 486 g/mol. The van der Waals surface area contributed by atoms with Crippen LogP contribution >= 0.6 is 0 Å². The Hall–Kier alpha value is -5.57. The van der Waals surface area contributed by atoms with Crippen LogP contribution in [-0.4, -0.2) is 38.0 Å². The molecule has 1 aromatic heterocycles. The molecule has 1 heterocycles. The van der Waals surface area contributed by atoms with Crippen molar-refractivity contribution in [1.82, 2.24) is 9.78 Å². The molecular formula is C29H13N3O6. The van der Waals surface area contributed by atoms with Gasteiger partial charge >= 0.3 is 0 Å². The molecule has 0 saturated heterocycles. The lowest BCUT2D eigenvalue weighted by atomic mass is 9.82. The molecule has 0 spiro atoms. The average molecular weight is 499 g/mol. The van der Waals surface area contributed by atoms with E-state index in [-0.39, 0.29) is 22.5 Å². The first-order valence-corrected chi connectivity index (χ1v) is 11.6. The zero-order chi connectivity index (χ0) is 26.3. The minimum Gasteiger partial charge on any atom is -0.289 e. The molecule has 4 aromatic carbocycles. The van der Waals surface area contributed by atoms with Crippen LogP contribution in [0.15, 0.2) is 78.9 Å². The van der Waals surface area contributed by atoms with E-state index in [9.17, 15) is 29.3 Å². The molecule has 2 aliphatic carbocycles. The summed E-state index contributed by atoms with van der Waals surface area (Å²) >= 11 is 0. The second-order valence-electron chi connectivity index (χ2n) is 8.99. The zero-order valence-electron chi connectivity index (χ0n) is 19.3. The van der Waals surface area contributed by atoms with Crippen LogP contribution in [0.1, 0.15) is 58.1 Å². The molecule has 5 aromatic rings. The van der Waals surface area contributed by atoms with E-state index in [4.69, 9.17) is 0 Å². The quantitative estimate of drug-likeness (QED) is 0.251. The molecule has 180 valence electrons. The fourth-order valence-electron chi connectivity index (χ4n) is 5.38. The van der Waals surface area contributed by atoms with E-state index in [1.54, 1.807) is 54.6 Å². The summed E-state index contributed by atoms with van der Waals surface area (Å²) in [5, 5.41) is 17.3. The Morgan fingerprint density at radius 3 is 1.95 bits per heavy atom. The number of carbonyl (C=O) groups is 4. The van der Waals surface area contributed by atoms with Gasteiger partial charge in [0, 0.05) is 38.8 Å². The number of nitro benzene ring substituents is 1. The van der Waals surface area contributed by atoms with Crippen molar-refractivity contribution in [3.05, 3.63) is 128 Å². The lowest BCUT2D eigenvalue weighted by molar-refractivity contribution is -0.385. The predicted octanol–water partition coefficient (Wildman–Crippen LogP) is 4.62. The number of hydrogen-bond donors (Lipinski definition) is 0. The summed E-state index contributed by atoms with van der Waals surface area (Å²) in [7, 11) is 0. The van der Waals surface area contributed by atoms with Gasteiger partial charge in [0.15, 0.2) is 11.6 Å². The van der Waals surface area contributed by atoms with Gasteiger partial charge in [0.2, 0.25) is 5.78 Å². The maximum absolute atomic E-state index is 13.9. The Labute approximate surface area is 213 Å². The van der Waals surface area contributed by atoms with Crippen molar-refractivity contribution in [3.8, 4) is 11.3 Å². The Morgan fingerprint density at radius 2 is 1.26 bits per heavy atom. The number of benzene rings is 4. The van der Waals surface area contributed by atoms with Crippen molar-refractivity contribution < 1.29 is 24.1 Å². The van der Waals surface area contributed by atoms with E-state index in [2.05, 4.69) is 5.10 Å². The van der Waals surface area contributed by atoms with Crippen LogP contribution in [0.25, 0.3) is 22.2 Å². The summed E-state index contributed by atoms with van der Waals surface area (Å²) in [6, 6.07) is 20.3. The van der Waals surface area contributed by atoms with Crippen molar-refractivity contribution in [2.75, 3.05) is 0 Å². The standard InChI is InChI=1S/C29H13N3O6/c33-26-15-7-2-1-6-14(15)24-22-18(26)10-5-11-21(22)31(30-24)29(36)20-13-12-19-23(25(20)32(37)38)28(35)17-9-4-3-8-16(17)27(19)34/h1-13H. The highest BCUT2D eigenvalue weighted by atomic mass is 16.6. The van der Waals surface area contributed by atoms with E-state index in [0.717, 1.165) is 4.68 Å². The van der Waals surface area contributed by atoms with Gasteiger partial charge in [-0.15, -0.1) is 0 Å². The van der Waals surface area contributed by atoms with Crippen molar-refractivity contribution >= 4 is 39.8 Å². The number of hydrogen-bond acceptors (Lipinski definition) is 7. The zero-order valence-corrected chi connectivity index (χ0v) is 19.3. The molecule has 7 rings (SSSR count). The minimum absolute atomic E-state index is 0.0372. The van der Waals surface area contributed by atoms with E-state index < -0.39 is 39.2 Å². The highest BCUT2D eigenvalue weighted by Gasteiger charge is 2.39. The Bertz CT molecular complexity index is 1980. The molecule has 0 fully saturated rings. The lowest BCUT2D eigenvalue weighted by Gasteiger charge is -2.18. The largest absolute Gasteiger partial charge is 0.294 e. The lowest BCUT2D eigenvalue weighted by Crippen LogP contribution is -2.24. The molecule has 0 N–H and O–H groups in total. The molecule has 0 radical (unpaired) electrons. The highest BCUT2D eigenvalue weighted by Crippen LogP contribution is 2.40. The summed E-state index contributed by atoms with van der Waals surface area (Å²) < 4.78 is 1.02. The van der Waals surface area contributed by atoms with Crippen LogP contribution in [0, 0.1) is 10.1 Å². The van der Waals surface area contributed by atoms with Crippen molar-refractivity contribution in [1.29, 1.82) is 0 Å². The van der Waals surface area contributed by atoms with Gasteiger partial charge in [-0.05, 0) is 18.2 Å². The van der Waals surface area contributed by atoms with Gasteiger partial charge in [0.05, 0.1) is 10.4 Å². The number of fused-ring (bicyclic) bond motifs is 4. The number of nitrogens with zero attached hydrogens (tertiary/aromatic N) is 3. The smallest absolute Gasteiger partial charge is 0.289 e. The van der Waals surface area contributed by atoms with Gasteiger partial charge in [-0.25, -0.2) is 0 Å². The minimum atomic E-state index is -0.862. The van der Waals surface area contributed by atoms with E-state index >= 15 is 0 Å². The normalized spacial score (nSPS) is 13.2. The molecule has 9 nitrogen and oxygen atoms in total. The Balaban J connectivity index is 1.48. The van der Waals surface area contributed by atoms with Crippen LogP contribution in [0.3, 0.4) is 0 Å². The third-order valence-corrected chi connectivity index (χ3v) is 7.05. The molecule has 38 heavy (non-hydrogen) atoms. The third kappa shape index (κ3) is 2.67. The number of rotatable bonds is 2. The fourth-order valence-corrected chi connectivity index (χ4v) is 5.38. The van der Waals surface area contributed by atoms with Gasteiger partial charge < -0.3 is 0 Å². The first-order chi connectivity index (χ1) is 18.4. The molecule has 0 atom stereocenters.